The number of carbonyl (C=O) groups excluding carboxylic acids is 1. The summed E-state index contributed by atoms with van der Waals surface area (Å²) in [5.41, 5.74) is 0. The van der Waals surface area contributed by atoms with Gasteiger partial charge in [-0.15, -0.1) is 0 Å². The standard InChI is InChI=1S/C10H14O4/c1-3-9(11)12-8-10(13-4-2)6-5-7-14-10/h3,5,7H,1,4,6,8H2,2H3. The van der Waals surface area contributed by atoms with Crippen molar-refractivity contribution in [1.82, 2.24) is 0 Å². The highest BCUT2D eigenvalue weighted by Crippen LogP contribution is 2.25. The van der Waals surface area contributed by atoms with Gasteiger partial charge in [-0.1, -0.05) is 6.58 Å². The molecule has 0 aliphatic carbocycles. The molecule has 4 nitrogen and oxygen atoms in total. The molecular formula is C10H14O4. The summed E-state index contributed by atoms with van der Waals surface area (Å²) in [6.07, 6.45) is 5.09. The van der Waals surface area contributed by atoms with E-state index in [1.54, 1.807) is 6.26 Å². The van der Waals surface area contributed by atoms with Gasteiger partial charge in [0.05, 0.1) is 6.26 Å². The molecule has 1 atom stereocenters. The van der Waals surface area contributed by atoms with Crippen molar-refractivity contribution in [2.75, 3.05) is 13.2 Å². The van der Waals surface area contributed by atoms with Crippen molar-refractivity contribution in [2.45, 2.75) is 19.1 Å². The molecule has 0 aromatic rings. The molecule has 0 bridgehead atoms. The second kappa shape index (κ2) is 4.81. The first-order chi connectivity index (χ1) is 6.72. The van der Waals surface area contributed by atoms with E-state index in [0.717, 1.165) is 6.08 Å². The summed E-state index contributed by atoms with van der Waals surface area (Å²) in [6, 6.07) is 0. The Bertz CT molecular complexity index is 237. The Morgan fingerprint density at radius 3 is 3.07 bits per heavy atom. The maximum Gasteiger partial charge on any atom is 0.330 e. The molecule has 0 fully saturated rings. The minimum atomic E-state index is -0.826. The Morgan fingerprint density at radius 1 is 1.79 bits per heavy atom. The zero-order chi connectivity index (χ0) is 10.4. The van der Waals surface area contributed by atoms with Crippen LogP contribution in [0.5, 0.6) is 0 Å². The summed E-state index contributed by atoms with van der Waals surface area (Å²) in [7, 11) is 0. The van der Waals surface area contributed by atoms with E-state index in [1.165, 1.54) is 0 Å². The number of carbonyl (C=O) groups is 1. The summed E-state index contributed by atoms with van der Waals surface area (Å²) in [5, 5.41) is 0. The molecule has 0 aromatic carbocycles. The van der Waals surface area contributed by atoms with E-state index in [-0.39, 0.29) is 6.61 Å². The molecule has 0 radical (unpaired) electrons. The van der Waals surface area contributed by atoms with Gasteiger partial charge in [0.1, 0.15) is 0 Å². The normalized spacial score (nSPS) is 24.4. The van der Waals surface area contributed by atoms with Crippen molar-refractivity contribution in [2.24, 2.45) is 0 Å². The van der Waals surface area contributed by atoms with E-state index in [2.05, 4.69) is 6.58 Å². The molecule has 0 saturated heterocycles. The predicted octanol–water partition coefficient (Wildman–Crippen LogP) is 1.38. The van der Waals surface area contributed by atoms with Crippen molar-refractivity contribution >= 4 is 5.97 Å². The minimum Gasteiger partial charge on any atom is -0.466 e. The lowest BCUT2D eigenvalue weighted by Gasteiger charge is -2.27. The molecule has 1 unspecified atom stereocenters. The first kappa shape index (κ1) is 10.8. The van der Waals surface area contributed by atoms with E-state index < -0.39 is 11.8 Å². The summed E-state index contributed by atoms with van der Waals surface area (Å²) in [5.74, 6) is -1.30. The molecule has 1 aliphatic rings. The molecule has 78 valence electrons. The van der Waals surface area contributed by atoms with Crippen molar-refractivity contribution in [3.8, 4) is 0 Å². The molecule has 0 aromatic heterocycles. The summed E-state index contributed by atoms with van der Waals surface area (Å²) >= 11 is 0. The average molecular weight is 198 g/mol. The third-order valence-electron chi connectivity index (χ3n) is 1.82. The van der Waals surface area contributed by atoms with Crippen molar-refractivity contribution in [1.29, 1.82) is 0 Å². The maximum absolute atomic E-state index is 10.8. The van der Waals surface area contributed by atoms with Crippen LogP contribution in [0.25, 0.3) is 0 Å². The number of hydrogen-bond donors (Lipinski definition) is 0. The zero-order valence-electron chi connectivity index (χ0n) is 8.19. The van der Waals surface area contributed by atoms with Crippen LogP contribution in [-0.2, 0) is 19.0 Å². The van der Waals surface area contributed by atoms with Gasteiger partial charge in [0.2, 0.25) is 5.79 Å². The number of rotatable bonds is 5. The van der Waals surface area contributed by atoms with Gasteiger partial charge in [-0.05, 0) is 13.0 Å². The van der Waals surface area contributed by atoms with E-state index in [4.69, 9.17) is 14.2 Å². The average Bonchev–Trinajstić information content (AvgIpc) is 2.64. The molecule has 1 rings (SSSR count). The van der Waals surface area contributed by atoms with Crippen LogP contribution in [-0.4, -0.2) is 25.0 Å². The fourth-order valence-electron chi connectivity index (χ4n) is 1.18. The molecule has 0 N–H and O–H groups in total. The van der Waals surface area contributed by atoms with Gasteiger partial charge in [-0.2, -0.15) is 0 Å². The molecule has 4 heteroatoms. The Labute approximate surface area is 83.1 Å². The van der Waals surface area contributed by atoms with E-state index >= 15 is 0 Å². The SMILES string of the molecule is C=CC(=O)OCC1(OCC)CC=CO1. The van der Waals surface area contributed by atoms with Gasteiger partial charge in [0.25, 0.3) is 0 Å². The van der Waals surface area contributed by atoms with Crippen LogP contribution in [0, 0.1) is 0 Å². The largest absolute Gasteiger partial charge is 0.466 e. The van der Waals surface area contributed by atoms with Crippen LogP contribution >= 0.6 is 0 Å². The highest BCUT2D eigenvalue weighted by atomic mass is 16.7. The van der Waals surface area contributed by atoms with E-state index in [0.29, 0.717) is 13.0 Å². The third kappa shape index (κ3) is 2.60. The fraction of sp³-hybridized carbons (Fsp3) is 0.500. The zero-order valence-corrected chi connectivity index (χ0v) is 8.19. The third-order valence-corrected chi connectivity index (χ3v) is 1.82. The van der Waals surface area contributed by atoms with Gasteiger partial charge in [-0.25, -0.2) is 4.79 Å². The van der Waals surface area contributed by atoms with E-state index in [1.807, 2.05) is 13.0 Å². The second-order valence-corrected chi connectivity index (χ2v) is 2.85. The van der Waals surface area contributed by atoms with Crippen molar-refractivity contribution in [3.63, 3.8) is 0 Å². The monoisotopic (exact) mass is 198 g/mol. The van der Waals surface area contributed by atoms with Crippen molar-refractivity contribution in [3.05, 3.63) is 25.0 Å². The van der Waals surface area contributed by atoms with Gasteiger partial charge in [0.15, 0.2) is 6.61 Å². The highest BCUT2D eigenvalue weighted by molar-refractivity contribution is 5.81. The Kier molecular flexibility index (Phi) is 3.71. The number of hydrogen-bond acceptors (Lipinski definition) is 4. The number of esters is 1. The number of ether oxygens (including phenoxy) is 3. The van der Waals surface area contributed by atoms with Crippen LogP contribution < -0.4 is 0 Å². The fourth-order valence-corrected chi connectivity index (χ4v) is 1.18. The van der Waals surface area contributed by atoms with Gasteiger partial charge in [0, 0.05) is 19.1 Å². The van der Waals surface area contributed by atoms with Gasteiger partial charge in [-0.3, -0.25) is 0 Å². The van der Waals surface area contributed by atoms with Gasteiger partial charge < -0.3 is 14.2 Å². The van der Waals surface area contributed by atoms with Crippen molar-refractivity contribution < 1.29 is 19.0 Å². The summed E-state index contributed by atoms with van der Waals surface area (Å²) < 4.78 is 15.5. The van der Waals surface area contributed by atoms with Crippen LogP contribution in [0.4, 0.5) is 0 Å². The maximum atomic E-state index is 10.8. The molecule has 1 aliphatic heterocycles. The molecule has 0 amide bonds. The Hall–Kier alpha value is -1.29. The Morgan fingerprint density at radius 2 is 2.57 bits per heavy atom. The van der Waals surface area contributed by atoms with Crippen LogP contribution in [0.1, 0.15) is 13.3 Å². The van der Waals surface area contributed by atoms with Gasteiger partial charge >= 0.3 is 5.97 Å². The topological polar surface area (TPSA) is 44.8 Å². The van der Waals surface area contributed by atoms with Crippen LogP contribution in [0.3, 0.4) is 0 Å². The molecule has 0 spiro atoms. The molecular weight excluding hydrogens is 184 g/mol. The summed E-state index contributed by atoms with van der Waals surface area (Å²) in [4.78, 5) is 10.8. The lowest BCUT2D eigenvalue weighted by atomic mass is 10.2. The minimum absolute atomic E-state index is 0.0820. The quantitative estimate of drug-likeness (QED) is 0.494. The predicted molar refractivity (Wildman–Crippen MR) is 50.4 cm³/mol. The first-order valence-corrected chi connectivity index (χ1v) is 4.48. The molecule has 0 saturated carbocycles. The highest BCUT2D eigenvalue weighted by Gasteiger charge is 2.35. The second-order valence-electron chi connectivity index (χ2n) is 2.85. The summed E-state index contributed by atoms with van der Waals surface area (Å²) in [6.45, 7) is 5.75. The van der Waals surface area contributed by atoms with E-state index in [9.17, 15) is 4.79 Å². The first-order valence-electron chi connectivity index (χ1n) is 4.48. The van der Waals surface area contributed by atoms with Crippen LogP contribution in [0.2, 0.25) is 0 Å². The molecule has 1 heterocycles. The lowest BCUT2D eigenvalue weighted by molar-refractivity contribution is -0.220. The smallest absolute Gasteiger partial charge is 0.330 e. The lowest BCUT2D eigenvalue weighted by Crippen LogP contribution is -2.37. The Balaban J connectivity index is 2.44. The molecule has 14 heavy (non-hydrogen) atoms. The van der Waals surface area contributed by atoms with Crippen LogP contribution in [0.15, 0.2) is 25.0 Å².